The maximum Gasteiger partial charge on any atom is 0.194 e. The van der Waals surface area contributed by atoms with E-state index in [-0.39, 0.29) is 0 Å². The molecule has 8 heteroatoms. The van der Waals surface area contributed by atoms with E-state index in [0.29, 0.717) is 5.75 Å². The number of hydrogen-bond donors (Lipinski definition) is 2. The van der Waals surface area contributed by atoms with Gasteiger partial charge < -0.3 is 10.8 Å². The molecule has 2 rings (SSSR count). The van der Waals surface area contributed by atoms with Gasteiger partial charge in [-0.2, -0.15) is 0 Å². The zero-order valence-corrected chi connectivity index (χ0v) is 13.2. The largest absolute Gasteiger partial charge is 0.508 e. The summed E-state index contributed by atoms with van der Waals surface area (Å²) in [6.07, 6.45) is 0. The van der Waals surface area contributed by atoms with Crippen LogP contribution >= 0.6 is 0 Å². The summed E-state index contributed by atoms with van der Waals surface area (Å²) in [6.45, 7) is 2.00. The predicted molar refractivity (Wildman–Crippen MR) is 89.5 cm³/mol. The highest BCUT2D eigenvalue weighted by Crippen LogP contribution is 2.06. The number of hydrogen-bond acceptors (Lipinski definition) is 6. The predicted octanol–water partition coefficient (Wildman–Crippen LogP) is 2.76. The Morgan fingerprint density at radius 2 is 1.22 bits per heavy atom. The summed E-state index contributed by atoms with van der Waals surface area (Å²) in [5.41, 5.74) is 7.53. The topological polar surface area (TPSA) is 133 Å². The highest BCUT2D eigenvalue weighted by atomic mass is 16.6. The molecule has 0 unspecified atom stereocenters. The molecular weight excluding hydrogens is 302 g/mol. The van der Waals surface area contributed by atoms with Crippen molar-refractivity contribution in [3.63, 3.8) is 0 Å². The van der Waals surface area contributed by atoms with E-state index in [0.717, 1.165) is 25.3 Å². The lowest BCUT2D eigenvalue weighted by Gasteiger charge is -1.93. The minimum absolute atomic E-state index is 0.322. The number of nitrogens with two attached hydrogens (primary N) is 1. The van der Waals surface area contributed by atoms with Crippen molar-refractivity contribution in [2.75, 3.05) is 19.8 Å². The molecule has 3 N–H and O–H groups in total. The number of para-hydroxylation sites is 2. The molecule has 0 radical (unpaired) electrons. The molecule has 23 heavy (non-hydrogen) atoms. The van der Waals surface area contributed by atoms with Crippen LogP contribution in [0.25, 0.3) is 0 Å². The van der Waals surface area contributed by atoms with Crippen molar-refractivity contribution < 1.29 is 15.0 Å². The van der Waals surface area contributed by atoms with Crippen LogP contribution in [0.1, 0.15) is 5.56 Å². The third-order valence-corrected chi connectivity index (χ3v) is 1.94. The zero-order valence-electron chi connectivity index (χ0n) is 13.2. The highest BCUT2D eigenvalue weighted by Gasteiger charge is 1.84. The summed E-state index contributed by atoms with van der Waals surface area (Å²) < 4.78 is 0. The van der Waals surface area contributed by atoms with Gasteiger partial charge in [-0.15, -0.1) is 0 Å². The monoisotopic (exact) mass is 323 g/mol. The van der Waals surface area contributed by atoms with E-state index in [4.69, 9.17) is 31.1 Å². The van der Waals surface area contributed by atoms with Crippen LogP contribution in [0.2, 0.25) is 0 Å². The van der Waals surface area contributed by atoms with Gasteiger partial charge >= 0.3 is 0 Å². The second-order valence-electron chi connectivity index (χ2n) is 4.07. The average molecular weight is 323 g/mol. The standard InChI is InChI=1S/C7H9N.C6H6O.2CH3NO2/c1-6-4-2-3-5-7(6)8;7-6-4-2-1-3-5-6;2*1-2(3)4/h2-5H,8H2,1H3;1-5,7H;2*1H3. The fourth-order valence-electron chi connectivity index (χ4n) is 1.01. The van der Waals surface area contributed by atoms with Gasteiger partial charge in [-0.3, -0.25) is 20.2 Å². The fraction of sp³-hybridized carbons (Fsp3) is 0.200. The number of nitro groups is 2. The van der Waals surface area contributed by atoms with Crippen molar-refractivity contribution in [3.8, 4) is 5.75 Å². The van der Waals surface area contributed by atoms with Crippen LogP contribution in [0.4, 0.5) is 5.69 Å². The summed E-state index contributed by atoms with van der Waals surface area (Å²) >= 11 is 0. The van der Waals surface area contributed by atoms with Gasteiger partial charge in [-0.1, -0.05) is 36.4 Å². The first kappa shape index (κ1) is 22.1. The molecule has 0 aliphatic rings. The maximum atomic E-state index is 8.81. The number of aromatic hydroxyl groups is 1. The second-order valence-corrected chi connectivity index (χ2v) is 4.07. The van der Waals surface area contributed by atoms with E-state index in [9.17, 15) is 0 Å². The van der Waals surface area contributed by atoms with Gasteiger partial charge in [0.15, 0.2) is 14.1 Å². The van der Waals surface area contributed by atoms with Gasteiger partial charge in [-0.25, -0.2) is 0 Å². The van der Waals surface area contributed by atoms with E-state index >= 15 is 0 Å². The van der Waals surface area contributed by atoms with Crippen molar-refractivity contribution in [3.05, 3.63) is 80.4 Å². The molecule has 0 heterocycles. The summed E-state index contributed by atoms with van der Waals surface area (Å²) in [5, 5.41) is 26.2. The molecule has 0 aliphatic carbocycles. The Morgan fingerprint density at radius 1 is 0.870 bits per heavy atom. The number of nitrogens with zero attached hydrogens (tertiary/aromatic N) is 2. The van der Waals surface area contributed by atoms with Gasteiger partial charge in [0.25, 0.3) is 0 Å². The molecular formula is C15H21N3O5. The Labute approximate surface area is 134 Å². The average Bonchev–Trinajstić information content (AvgIpc) is 2.42. The molecule has 0 aliphatic heterocycles. The number of benzene rings is 2. The van der Waals surface area contributed by atoms with Crippen LogP contribution in [0, 0.1) is 27.2 Å². The number of phenolic OH excluding ortho intramolecular Hbond substituents is 1. The van der Waals surface area contributed by atoms with Gasteiger partial charge in [0.2, 0.25) is 0 Å². The lowest BCUT2D eigenvalue weighted by Crippen LogP contribution is -1.85. The Kier molecular flexibility index (Phi) is 13.3. The smallest absolute Gasteiger partial charge is 0.194 e. The lowest BCUT2D eigenvalue weighted by atomic mass is 10.2. The first-order valence-corrected chi connectivity index (χ1v) is 6.38. The van der Waals surface area contributed by atoms with Crippen LogP contribution in [0.3, 0.4) is 0 Å². The van der Waals surface area contributed by atoms with Gasteiger partial charge in [-0.05, 0) is 30.7 Å². The summed E-state index contributed by atoms with van der Waals surface area (Å²) in [7, 11) is 1.78. The van der Waals surface area contributed by atoms with Crippen LogP contribution in [0.5, 0.6) is 5.75 Å². The zero-order chi connectivity index (χ0) is 18.3. The molecule has 0 bridgehead atoms. The van der Waals surface area contributed by atoms with Crippen LogP contribution in [0.15, 0.2) is 54.6 Å². The highest BCUT2D eigenvalue weighted by molar-refractivity contribution is 5.44. The number of phenols is 1. The summed E-state index contributed by atoms with van der Waals surface area (Å²) in [4.78, 5) is 16.6. The quantitative estimate of drug-likeness (QED) is 0.435. The van der Waals surface area contributed by atoms with Crippen molar-refractivity contribution in [1.29, 1.82) is 0 Å². The summed E-state index contributed by atoms with van der Waals surface area (Å²) in [5.74, 6) is 0.322. The van der Waals surface area contributed by atoms with E-state index < -0.39 is 9.85 Å². The van der Waals surface area contributed by atoms with Gasteiger partial charge in [0, 0.05) is 15.5 Å². The van der Waals surface area contributed by atoms with Crippen molar-refractivity contribution in [2.24, 2.45) is 0 Å². The first-order chi connectivity index (χ1) is 10.7. The molecule has 0 spiro atoms. The molecule has 2 aromatic rings. The number of rotatable bonds is 0. The number of nitrogen functional groups attached to an aromatic ring is 1. The van der Waals surface area contributed by atoms with Gasteiger partial charge in [0.05, 0.1) is 0 Å². The van der Waals surface area contributed by atoms with Crippen molar-refractivity contribution >= 4 is 5.69 Å². The van der Waals surface area contributed by atoms with Crippen molar-refractivity contribution in [2.45, 2.75) is 6.92 Å². The maximum absolute atomic E-state index is 8.81. The Bertz CT molecular complexity index is 535. The van der Waals surface area contributed by atoms with Crippen LogP contribution in [-0.2, 0) is 0 Å². The number of anilines is 1. The molecule has 0 fully saturated rings. The minimum atomic E-state index is -0.500. The SMILES string of the molecule is C[N+](=O)[O-].C[N+](=O)[O-].Cc1ccccc1N.Oc1ccccc1. The van der Waals surface area contributed by atoms with E-state index in [2.05, 4.69) is 0 Å². The third-order valence-electron chi connectivity index (χ3n) is 1.94. The molecule has 0 atom stereocenters. The molecule has 2 aromatic carbocycles. The Morgan fingerprint density at radius 3 is 1.43 bits per heavy atom. The molecule has 8 nitrogen and oxygen atoms in total. The molecule has 0 aromatic heterocycles. The molecule has 0 saturated heterocycles. The van der Waals surface area contributed by atoms with Crippen LogP contribution < -0.4 is 5.73 Å². The first-order valence-electron chi connectivity index (χ1n) is 6.38. The normalized spacial score (nSPS) is 7.96. The Balaban J connectivity index is 0. The number of aryl methyl sites for hydroxylation is 1. The Hall–Kier alpha value is -3.16. The molecule has 0 saturated carbocycles. The van der Waals surface area contributed by atoms with E-state index in [1.165, 1.54) is 0 Å². The molecule has 0 amide bonds. The second kappa shape index (κ2) is 13.8. The van der Waals surface area contributed by atoms with Gasteiger partial charge in [0.1, 0.15) is 5.75 Å². The minimum Gasteiger partial charge on any atom is -0.508 e. The van der Waals surface area contributed by atoms with E-state index in [1.807, 2.05) is 37.3 Å². The van der Waals surface area contributed by atoms with Crippen LogP contribution in [-0.4, -0.2) is 29.0 Å². The van der Waals surface area contributed by atoms with Crippen molar-refractivity contribution in [1.82, 2.24) is 0 Å². The molecule has 126 valence electrons. The fourth-order valence-corrected chi connectivity index (χ4v) is 1.01. The van der Waals surface area contributed by atoms with E-state index in [1.54, 1.807) is 24.3 Å². The lowest BCUT2D eigenvalue weighted by molar-refractivity contribution is -0.445. The summed E-state index contributed by atoms with van der Waals surface area (Å²) in [6, 6.07) is 16.5. The third kappa shape index (κ3) is 21.3.